The van der Waals surface area contributed by atoms with Crippen LogP contribution in [0.4, 0.5) is 34.1 Å². The van der Waals surface area contributed by atoms with Gasteiger partial charge in [-0.3, -0.25) is 0 Å². The average molecular weight is 892 g/mol. The van der Waals surface area contributed by atoms with Crippen molar-refractivity contribution >= 4 is 110 Å². The number of rotatable bonds is 6. The molecule has 0 aliphatic carbocycles. The largest absolute Gasteiger partial charge is 0.310 e. The molecule has 66 heavy (non-hydrogen) atoms. The van der Waals surface area contributed by atoms with Crippen LogP contribution < -0.4 is 9.80 Å². The highest BCUT2D eigenvalue weighted by Crippen LogP contribution is 2.52. The number of hydrogen-bond donors (Lipinski definition) is 0. The van der Waals surface area contributed by atoms with Crippen LogP contribution in [0.25, 0.3) is 76.2 Å². The molecule has 0 aliphatic rings. The Bertz CT molecular complexity index is 6000. The third-order valence-electron chi connectivity index (χ3n) is 11.3. The van der Waals surface area contributed by atoms with E-state index in [0.29, 0.717) is 9.80 Å². The maximum Gasteiger partial charge on any atom is 0.0653 e. The summed E-state index contributed by atoms with van der Waals surface area (Å²) in [6.07, 6.45) is 0. The van der Waals surface area contributed by atoms with Crippen molar-refractivity contribution in [2.24, 2.45) is 0 Å². The molecule has 0 saturated carbocycles. The zero-order valence-corrected chi connectivity index (χ0v) is 34.3. The number of hydrogen-bond acceptors (Lipinski definition) is 2. The topological polar surface area (TPSA) is 15.3 Å². The van der Waals surface area contributed by atoms with Gasteiger partial charge in [0.2, 0.25) is 0 Å². The summed E-state index contributed by atoms with van der Waals surface area (Å²) in [6, 6.07) is -36.5. The molecule has 13 aromatic rings. The van der Waals surface area contributed by atoms with Crippen LogP contribution in [0.5, 0.6) is 0 Å². The second-order valence-corrected chi connectivity index (χ2v) is 16.3. The van der Waals surface area contributed by atoms with Crippen molar-refractivity contribution in [2.75, 3.05) is 9.80 Å². The first-order chi connectivity index (χ1) is 49.1. The van der Waals surface area contributed by atoms with Crippen molar-refractivity contribution in [1.29, 1.82) is 0 Å². The monoisotopic (exact) mass is 892 g/mol. The lowest BCUT2D eigenvalue weighted by atomic mass is 9.86. The first-order valence-corrected chi connectivity index (χ1v) is 19.9. The van der Waals surface area contributed by atoms with Crippen LogP contribution >= 0.6 is 0 Å². The summed E-state index contributed by atoms with van der Waals surface area (Å²) in [5.41, 5.74) is -18.5. The highest BCUT2D eigenvalue weighted by atomic mass is 15.2. The molecule has 0 unspecified atom stereocenters. The molecule has 4 nitrogen and oxygen atoms in total. The maximum atomic E-state index is 10.7. The number of nitrogens with zero attached hydrogens (tertiary/aromatic N) is 4. The summed E-state index contributed by atoms with van der Waals surface area (Å²) in [5.74, 6) is 0. The second kappa shape index (κ2) is 13.8. The van der Waals surface area contributed by atoms with E-state index in [4.69, 9.17) is 28.8 Å². The predicted molar refractivity (Wildman–Crippen MR) is 283 cm³/mol. The van der Waals surface area contributed by atoms with Crippen LogP contribution in [0, 0.1) is 0 Å². The highest BCUT2D eigenvalue weighted by Gasteiger charge is 2.29. The molecule has 4 heterocycles. The van der Waals surface area contributed by atoms with E-state index in [-0.39, 0.29) is 5.56 Å². The summed E-state index contributed by atoms with van der Waals surface area (Å²) in [5, 5.41) is -6.07. The highest BCUT2D eigenvalue weighted by molar-refractivity contribution is 6.32. The van der Waals surface area contributed by atoms with Crippen LogP contribution in [0.15, 0.2) is 193 Å². The minimum absolute atomic E-state index is 0.204. The first-order valence-electron chi connectivity index (χ1n) is 40.4. The fourth-order valence-electron chi connectivity index (χ4n) is 8.58. The third-order valence-corrected chi connectivity index (χ3v) is 11.3. The summed E-state index contributed by atoms with van der Waals surface area (Å²) in [4.78, 5) is 0.855. The molecule has 318 valence electrons. The molecule has 13 rings (SSSR count). The lowest BCUT2D eigenvalue weighted by molar-refractivity contribution is 0.591. The summed E-state index contributed by atoms with van der Waals surface area (Å²) >= 11 is 0. The Balaban J connectivity index is 1.39. The van der Waals surface area contributed by atoms with E-state index in [1.165, 1.54) is 0 Å². The lowest BCUT2D eigenvalue weighted by Gasteiger charge is -2.26. The van der Waals surface area contributed by atoms with Gasteiger partial charge >= 0.3 is 0 Å². The summed E-state index contributed by atoms with van der Waals surface area (Å²) in [7, 11) is 0. The van der Waals surface area contributed by atoms with Gasteiger partial charge < -0.3 is 18.6 Å². The fourth-order valence-corrected chi connectivity index (χ4v) is 8.58. The van der Waals surface area contributed by atoms with E-state index < -0.39 is 341 Å². The number of para-hydroxylation sites is 4. The molecule has 0 fully saturated rings. The molecular weight excluding hydrogens is 801 g/mol. The predicted octanol–water partition coefficient (Wildman–Crippen LogP) is 17.5. The fraction of sp³-hybridized carbons (Fsp3) is 0.129. The van der Waals surface area contributed by atoms with E-state index in [1.54, 1.807) is 20.8 Å². The third kappa shape index (κ3) is 5.51. The van der Waals surface area contributed by atoms with Crippen LogP contribution in [-0.2, 0) is 10.8 Å². The summed E-state index contributed by atoms with van der Waals surface area (Å²) in [6.45, 7) is -8.38. The van der Waals surface area contributed by atoms with Crippen molar-refractivity contribution < 1.29 is 56.2 Å². The van der Waals surface area contributed by atoms with Gasteiger partial charge in [0, 0.05) is 78.2 Å². The molecule has 0 atom stereocenters. The van der Waals surface area contributed by atoms with Crippen LogP contribution in [0.3, 0.4) is 0 Å². The molecule has 9 aromatic carbocycles. The van der Waals surface area contributed by atoms with Crippen molar-refractivity contribution in [2.45, 2.75) is 52.2 Å². The molecule has 0 aliphatic heterocycles. The maximum absolute atomic E-state index is 10.7. The molecule has 0 saturated heterocycles. The van der Waals surface area contributed by atoms with Gasteiger partial charge in [-0.15, -0.1) is 0 Å². The quantitative estimate of drug-likeness (QED) is 0.165. The van der Waals surface area contributed by atoms with Gasteiger partial charge in [0.05, 0.1) is 88.3 Å². The van der Waals surface area contributed by atoms with E-state index in [1.807, 2.05) is 0 Å². The minimum Gasteiger partial charge on any atom is -0.310 e. The normalized spacial score (nSPS) is 22.1. The van der Waals surface area contributed by atoms with Crippen molar-refractivity contribution in [3.05, 3.63) is 204 Å². The van der Waals surface area contributed by atoms with Crippen LogP contribution in [-0.4, -0.2) is 8.80 Å². The Morgan fingerprint density at radius 3 is 1.08 bits per heavy atom. The van der Waals surface area contributed by atoms with Gasteiger partial charge in [-0.25, -0.2) is 0 Å². The van der Waals surface area contributed by atoms with E-state index in [9.17, 15) is 27.4 Å². The van der Waals surface area contributed by atoms with Crippen molar-refractivity contribution in [1.82, 2.24) is 8.80 Å². The Morgan fingerprint density at radius 1 is 0.364 bits per heavy atom. The van der Waals surface area contributed by atoms with Gasteiger partial charge in [0.15, 0.2) is 0 Å². The zero-order chi connectivity index (χ0) is 80.0. The molecule has 4 heteroatoms. The van der Waals surface area contributed by atoms with Gasteiger partial charge in [0.25, 0.3) is 0 Å². The van der Waals surface area contributed by atoms with Gasteiger partial charge in [-0.1, -0.05) is 138 Å². The van der Waals surface area contributed by atoms with Gasteiger partial charge in [-0.05, 0) is 119 Å². The van der Waals surface area contributed by atoms with Crippen LogP contribution in [0.1, 0.15) is 109 Å². The van der Waals surface area contributed by atoms with Crippen LogP contribution in [0.2, 0.25) is 0 Å². The smallest absolute Gasteiger partial charge is 0.0653 e. The van der Waals surface area contributed by atoms with Crippen molar-refractivity contribution in [3.63, 3.8) is 0 Å². The van der Waals surface area contributed by atoms with Gasteiger partial charge in [-0.2, -0.15) is 0 Å². The Morgan fingerprint density at radius 2 is 0.727 bits per heavy atom. The standard InChI is InChI=1S/C62H50N4/c1-61(2,3)39-27-31-51-49(35-39)57-53(63(41-19-11-7-12-20-41)42-21-13-8-14-22-42)33-29-45-47-38-56-48(37-55(47)65(51)59(45)57)46-30-34-54(64(43-23-15-9-16-24-43)44-25-17-10-18-26-44)58-50-36-40(62(4,5)6)28-32-52(50)66(56)60(46)58/h7-38H,1-6H3/i1D3,2D3,3D3,7D,8D,9D,10D,11D,12D,13D,14D,15D,16D,17D,18D,19D,20D,21D,22D,23D,24D,25D,26D,27D,28D,29D,30D,31D,32D,33D,34D,35D,36D,37D,38D. The van der Waals surface area contributed by atoms with Gasteiger partial charge in [0.1, 0.15) is 0 Å². The average Bonchev–Trinajstić information content (AvgIpc) is 1.49. The van der Waals surface area contributed by atoms with E-state index in [0.717, 1.165) is 8.80 Å². The Kier molecular flexibility index (Phi) is 3.23. The molecule has 0 radical (unpaired) electrons. The molecule has 0 amide bonds. The molecular formula is C62H50N4. The Hall–Kier alpha value is -7.82. The summed E-state index contributed by atoms with van der Waals surface area (Å²) < 4.78 is 384. The number of benzene rings is 9. The second-order valence-electron chi connectivity index (χ2n) is 16.3. The number of anilines is 6. The molecule has 0 bridgehead atoms. The van der Waals surface area contributed by atoms with Crippen molar-refractivity contribution in [3.8, 4) is 0 Å². The minimum atomic E-state index is -4.38. The van der Waals surface area contributed by atoms with E-state index in [2.05, 4.69) is 0 Å². The number of aromatic nitrogens is 2. The number of fused-ring (bicyclic) bond motifs is 12. The van der Waals surface area contributed by atoms with E-state index >= 15 is 0 Å². The SMILES string of the molecule is [2H]c1c([2H])c([2H])c(N(c2c([2H])c([2H])c([2H])c([2H])c2[2H])c2c([2H])c([2H])c3c4c([2H])c5c(c([2H])c4n4c6c([2H])c([2H])c(C(C)(C)C)c([2H])c6c2c34)c2c([2H])c([2H])c(N(c3c([2H])c([2H])c([2H])c([2H])c3[2H])c3c([2H])c([2H])c([2H])c([2H])c3[2H])c3c4c([2H])c(C(C([2H])([2H])[2H])(C([2H])([2H])[2H])C([2H])([2H])[2H])c([2H])c([2H])c4n5c23)c([2H])c1[2H]. The first kappa shape index (κ1) is 15.4. The molecule has 0 spiro atoms. The molecule has 0 N–H and O–H groups in total. The zero-order valence-electron chi connectivity index (χ0n) is 75.3. The Labute approximate surface area is 442 Å². The lowest BCUT2D eigenvalue weighted by Crippen LogP contribution is -2.11. The molecule has 4 aromatic heterocycles.